The summed E-state index contributed by atoms with van der Waals surface area (Å²) < 4.78 is 40.1. The Bertz CT molecular complexity index is 2080. The third kappa shape index (κ3) is 16.1. The van der Waals surface area contributed by atoms with Crippen molar-refractivity contribution in [2.24, 2.45) is 0 Å². The monoisotopic (exact) mass is 899 g/mol. The van der Waals surface area contributed by atoms with E-state index in [-0.39, 0.29) is 24.1 Å². The van der Waals surface area contributed by atoms with Gasteiger partial charge in [0.2, 0.25) is 0 Å². The van der Waals surface area contributed by atoms with Crippen molar-refractivity contribution in [3.8, 4) is 23.0 Å². The molecule has 3 heterocycles. The van der Waals surface area contributed by atoms with Crippen LogP contribution in [0, 0.1) is 6.92 Å². The van der Waals surface area contributed by atoms with Crippen molar-refractivity contribution in [3.63, 3.8) is 0 Å². The van der Waals surface area contributed by atoms with Crippen LogP contribution in [0.15, 0.2) is 91.0 Å². The Labute approximate surface area is 384 Å². The molecule has 0 bridgehead atoms. The highest BCUT2D eigenvalue weighted by Crippen LogP contribution is 2.31. The number of carbonyl (C=O) groups is 2. The topological polar surface area (TPSA) is 108 Å². The Morgan fingerprint density at radius 2 is 1.02 bits per heavy atom. The molecule has 3 aliphatic heterocycles. The molecule has 4 aromatic carbocycles. The van der Waals surface area contributed by atoms with Crippen LogP contribution in [0.5, 0.6) is 23.0 Å². The van der Waals surface area contributed by atoms with Gasteiger partial charge in [0.15, 0.2) is 0 Å². The Morgan fingerprint density at radius 3 is 1.45 bits per heavy atom. The zero-order valence-corrected chi connectivity index (χ0v) is 39.4. The van der Waals surface area contributed by atoms with Crippen LogP contribution in [0.3, 0.4) is 0 Å². The van der Waals surface area contributed by atoms with E-state index >= 15 is 0 Å². The lowest BCUT2D eigenvalue weighted by molar-refractivity contribution is -0.156. The second-order valence-corrected chi connectivity index (χ2v) is 18.7. The molecule has 13 heteroatoms. The lowest BCUT2D eigenvalue weighted by Gasteiger charge is -2.33. The molecule has 0 spiro atoms. The van der Waals surface area contributed by atoms with Crippen molar-refractivity contribution in [1.82, 2.24) is 9.80 Å². The minimum absolute atomic E-state index is 0.0192. The van der Waals surface area contributed by atoms with E-state index < -0.39 is 11.2 Å². The number of morpholine rings is 3. The number of esters is 2. The molecular formula is C51H66ClN3O9. The molecular weight excluding hydrogens is 834 g/mol. The van der Waals surface area contributed by atoms with Crippen molar-refractivity contribution in [1.29, 1.82) is 0 Å². The predicted molar refractivity (Wildman–Crippen MR) is 250 cm³/mol. The van der Waals surface area contributed by atoms with Gasteiger partial charge >= 0.3 is 11.9 Å². The molecule has 3 fully saturated rings. The molecule has 2 unspecified atom stereocenters. The number of carbonyl (C=O) groups excluding carboxylic acids is 2. The zero-order valence-electron chi connectivity index (χ0n) is 38.6. The first kappa shape index (κ1) is 48.8. The first-order valence-electron chi connectivity index (χ1n) is 22.4. The summed E-state index contributed by atoms with van der Waals surface area (Å²) in [5.74, 6) is 2.74. The second kappa shape index (κ2) is 23.0. The molecule has 7 rings (SSSR count). The van der Waals surface area contributed by atoms with E-state index in [1.165, 1.54) is 5.69 Å². The normalized spacial score (nSPS) is 18.7. The highest BCUT2D eigenvalue weighted by Gasteiger charge is 2.26. The lowest BCUT2D eigenvalue weighted by Crippen LogP contribution is -2.39. The van der Waals surface area contributed by atoms with E-state index in [2.05, 4.69) is 39.0 Å². The fraction of sp³-hybridized carbons (Fsp3) is 0.490. The summed E-state index contributed by atoms with van der Waals surface area (Å²) in [5, 5.41) is 0.686. The molecule has 3 saturated heterocycles. The van der Waals surface area contributed by atoms with E-state index in [9.17, 15) is 9.59 Å². The van der Waals surface area contributed by atoms with Crippen LogP contribution in [-0.2, 0) is 33.3 Å². The summed E-state index contributed by atoms with van der Waals surface area (Å²) in [6, 6.07) is 29.8. The Hall–Kier alpha value is -4.69. The third-order valence-electron chi connectivity index (χ3n) is 10.7. The van der Waals surface area contributed by atoms with Gasteiger partial charge < -0.3 is 38.1 Å². The Balaban J connectivity index is 0.000000214. The number of hydrogen-bond donors (Lipinski definition) is 0. The first-order valence-corrected chi connectivity index (χ1v) is 22.8. The Kier molecular flexibility index (Phi) is 17.5. The first-order chi connectivity index (χ1) is 30.5. The molecule has 4 aromatic rings. The molecule has 0 aliphatic carbocycles. The van der Waals surface area contributed by atoms with E-state index in [0.29, 0.717) is 49.9 Å². The smallest absolute Gasteiger partial charge is 0.307 e. The average Bonchev–Trinajstić information content (AvgIpc) is 3.27. The number of anilines is 1. The minimum Gasteiger partial charge on any atom is -0.460 e. The zero-order chi connectivity index (χ0) is 45.7. The molecule has 2 atom stereocenters. The van der Waals surface area contributed by atoms with Crippen molar-refractivity contribution >= 4 is 29.2 Å². The molecule has 0 amide bonds. The van der Waals surface area contributed by atoms with Crippen molar-refractivity contribution in [2.45, 2.75) is 84.7 Å². The number of ether oxygens (including phenoxy) is 7. The number of nitrogens with zero attached hydrogens (tertiary/aromatic N) is 3. The molecule has 3 aliphatic rings. The molecule has 64 heavy (non-hydrogen) atoms. The van der Waals surface area contributed by atoms with E-state index in [1.54, 1.807) is 0 Å². The Morgan fingerprint density at radius 1 is 0.594 bits per heavy atom. The fourth-order valence-electron chi connectivity index (χ4n) is 7.46. The summed E-state index contributed by atoms with van der Waals surface area (Å²) in [4.78, 5) is 30.8. The molecule has 0 N–H and O–H groups in total. The summed E-state index contributed by atoms with van der Waals surface area (Å²) in [6.45, 7) is 22.5. The number of rotatable bonds is 13. The fourth-order valence-corrected chi connectivity index (χ4v) is 7.63. The van der Waals surface area contributed by atoms with Crippen molar-refractivity contribution < 1.29 is 42.7 Å². The number of benzene rings is 4. The summed E-state index contributed by atoms with van der Waals surface area (Å²) in [7, 11) is 0. The number of halogens is 1. The SMILES string of the molecule is CC(C)(C)OC(=O)CCN1CCOC(c2ccc(Oc3ccc(N4CCOCC4)cc3)cc2)C1.Cc1ccc(Oc2ccc(C3CN(CCC(=O)OC(C)(C)C)CCO3)cc2)cc1Cl. The molecule has 0 radical (unpaired) electrons. The van der Waals surface area contributed by atoms with Crippen LogP contribution in [0.1, 0.15) is 83.3 Å². The van der Waals surface area contributed by atoms with Crippen LogP contribution in [0.2, 0.25) is 5.02 Å². The largest absolute Gasteiger partial charge is 0.460 e. The van der Waals surface area contributed by atoms with Crippen LogP contribution < -0.4 is 14.4 Å². The van der Waals surface area contributed by atoms with Crippen LogP contribution >= 0.6 is 11.6 Å². The maximum atomic E-state index is 12.0. The van der Waals surface area contributed by atoms with Gasteiger partial charge in [-0.15, -0.1) is 0 Å². The number of aryl methyl sites for hydroxylation is 1. The molecule has 0 aromatic heterocycles. The maximum Gasteiger partial charge on any atom is 0.307 e. The average molecular weight is 901 g/mol. The predicted octanol–water partition coefficient (Wildman–Crippen LogP) is 9.97. The third-order valence-corrected chi connectivity index (χ3v) is 11.1. The van der Waals surface area contributed by atoms with Crippen LogP contribution in [-0.4, -0.2) is 112 Å². The minimum atomic E-state index is -0.446. The second-order valence-electron chi connectivity index (χ2n) is 18.3. The molecule has 0 saturated carbocycles. The summed E-state index contributed by atoms with van der Waals surface area (Å²) in [6.07, 6.45) is 0.728. The molecule has 12 nitrogen and oxygen atoms in total. The lowest BCUT2D eigenvalue weighted by atomic mass is 10.1. The van der Waals surface area contributed by atoms with Crippen LogP contribution in [0.25, 0.3) is 0 Å². The van der Waals surface area contributed by atoms with Gasteiger partial charge in [0.1, 0.15) is 34.2 Å². The summed E-state index contributed by atoms with van der Waals surface area (Å²) in [5.41, 5.74) is 3.52. The standard InChI is InChI=1S/C27H36N2O5.C24H30ClNO4/c1-27(2,3)34-26(30)12-13-28-14-19-32-25(20-28)21-4-8-23(9-5-21)33-24-10-6-22(7-11-24)29-15-17-31-18-16-29;1-17-5-8-20(15-21(17)25)29-19-9-6-18(7-10-19)22-16-26(13-14-28-22)12-11-23(27)30-24(2,3)4/h4-11,25H,12-20H2,1-3H3;5-10,15,22H,11-14,16H2,1-4H3. The van der Waals surface area contributed by atoms with Gasteiger partial charge in [-0.1, -0.05) is 41.9 Å². The van der Waals surface area contributed by atoms with Gasteiger partial charge in [-0.2, -0.15) is 0 Å². The van der Waals surface area contributed by atoms with E-state index in [4.69, 9.17) is 44.8 Å². The van der Waals surface area contributed by atoms with Gasteiger partial charge in [0.05, 0.1) is 51.5 Å². The van der Waals surface area contributed by atoms with Crippen molar-refractivity contribution in [3.05, 3.63) is 113 Å². The van der Waals surface area contributed by atoms with Gasteiger partial charge in [-0.25, -0.2) is 0 Å². The van der Waals surface area contributed by atoms with Crippen molar-refractivity contribution in [2.75, 3.05) is 83.7 Å². The molecule has 346 valence electrons. The quantitative estimate of drug-likeness (QED) is 0.119. The van der Waals surface area contributed by atoms with E-state index in [1.807, 2.05) is 115 Å². The van der Waals surface area contributed by atoms with E-state index in [0.717, 1.165) is 86.4 Å². The van der Waals surface area contributed by atoms with Gasteiger partial charge in [0.25, 0.3) is 0 Å². The summed E-state index contributed by atoms with van der Waals surface area (Å²) >= 11 is 6.17. The number of hydrogen-bond acceptors (Lipinski definition) is 12. The highest BCUT2D eigenvalue weighted by molar-refractivity contribution is 6.31. The van der Waals surface area contributed by atoms with Gasteiger partial charge in [0, 0.05) is 63.1 Å². The van der Waals surface area contributed by atoms with Crippen LogP contribution in [0.4, 0.5) is 5.69 Å². The van der Waals surface area contributed by atoms with Gasteiger partial charge in [-0.3, -0.25) is 19.4 Å². The van der Waals surface area contributed by atoms with Gasteiger partial charge in [-0.05, 0) is 126 Å². The maximum absolute atomic E-state index is 12.0. The highest BCUT2D eigenvalue weighted by atomic mass is 35.5.